The largest absolute Gasteiger partial charge is 0.491 e. The fraction of sp³-hybridized carbons (Fsp3) is 0.533. The predicted octanol–water partition coefficient (Wildman–Crippen LogP) is 2.98. The molecular weight excluding hydrogens is 276 g/mol. The summed E-state index contributed by atoms with van der Waals surface area (Å²) < 4.78 is 5.70. The summed E-state index contributed by atoms with van der Waals surface area (Å²) in [6, 6.07) is 7.50. The third kappa shape index (κ3) is 4.69. The number of ether oxygens (including phenoxy) is 1. The van der Waals surface area contributed by atoms with Crippen molar-refractivity contribution in [3.63, 3.8) is 0 Å². The summed E-state index contributed by atoms with van der Waals surface area (Å²) in [7, 11) is 0. The highest BCUT2D eigenvalue weighted by atomic mass is 35.5. The Kier molecular flexibility index (Phi) is 6.82. The number of benzene rings is 1. The molecule has 0 spiro atoms. The van der Waals surface area contributed by atoms with Gasteiger partial charge in [-0.15, -0.1) is 12.4 Å². The molecular formula is C15H23ClN2O2. The van der Waals surface area contributed by atoms with Crippen molar-refractivity contribution in [2.75, 3.05) is 11.9 Å². The first-order chi connectivity index (χ1) is 9.19. The van der Waals surface area contributed by atoms with Gasteiger partial charge in [0.2, 0.25) is 5.91 Å². The van der Waals surface area contributed by atoms with Crippen molar-refractivity contribution in [3.05, 3.63) is 24.3 Å². The zero-order valence-corrected chi connectivity index (χ0v) is 12.8. The van der Waals surface area contributed by atoms with E-state index < -0.39 is 0 Å². The van der Waals surface area contributed by atoms with Crippen molar-refractivity contribution in [2.24, 2.45) is 0 Å². The molecule has 1 amide bonds. The number of nitrogens with one attached hydrogen (secondary N) is 2. The molecule has 2 N–H and O–H groups in total. The predicted molar refractivity (Wildman–Crippen MR) is 83.7 cm³/mol. The van der Waals surface area contributed by atoms with E-state index in [1.807, 2.05) is 31.2 Å². The Hall–Kier alpha value is -1.26. The fourth-order valence-corrected chi connectivity index (χ4v) is 2.07. The first-order valence-electron chi connectivity index (χ1n) is 7.00. The monoisotopic (exact) mass is 298 g/mol. The molecule has 0 saturated carbocycles. The van der Waals surface area contributed by atoms with Gasteiger partial charge in [-0.25, -0.2) is 0 Å². The average Bonchev–Trinajstić information content (AvgIpc) is 2.95. The zero-order chi connectivity index (χ0) is 13.7. The summed E-state index contributed by atoms with van der Waals surface area (Å²) in [6.45, 7) is 5.06. The maximum atomic E-state index is 11.9. The molecule has 1 fully saturated rings. The standard InChI is InChI=1S/C15H22N2O2.ClH/c1-3-11(2)19-13-8-6-12(7-9-13)17-15(18)14-5-4-10-16-14;/h6-9,11,14,16H,3-5,10H2,1-2H3,(H,17,18);1H. The smallest absolute Gasteiger partial charge is 0.241 e. The van der Waals surface area contributed by atoms with E-state index in [1.54, 1.807) is 0 Å². The molecule has 1 saturated heterocycles. The molecule has 0 aliphatic carbocycles. The van der Waals surface area contributed by atoms with Crippen LogP contribution < -0.4 is 15.4 Å². The number of anilines is 1. The van der Waals surface area contributed by atoms with Crippen molar-refractivity contribution in [3.8, 4) is 5.75 Å². The van der Waals surface area contributed by atoms with Crippen LogP contribution in [0.25, 0.3) is 0 Å². The van der Waals surface area contributed by atoms with Crippen molar-refractivity contribution < 1.29 is 9.53 Å². The maximum absolute atomic E-state index is 11.9. The van der Waals surface area contributed by atoms with Gasteiger partial charge in [-0.05, 0) is 57.0 Å². The molecule has 1 heterocycles. The molecule has 2 rings (SSSR count). The van der Waals surface area contributed by atoms with Gasteiger partial charge in [0.15, 0.2) is 0 Å². The van der Waals surface area contributed by atoms with Gasteiger partial charge in [-0.2, -0.15) is 0 Å². The van der Waals surface area contributed by atoms with E-state index in [1.165, 1.54) is 0 Å². The third-order valence-corrected chi connectivity index (χ3v) is 3.41. The van der Waals surface area contributed by atoms with Gasteiger partial charge in [0.1, 0.15) is 5.75 Å². The van der Waals surface area contributed by atoms with Crippen LogP contribution in [0.4, 0.5) is 5.69 Å². The number of rotatable bonds is 5. The number of hydrogen-bond acceptors (Lipinski definition) is 3. The van der Waals surface area contributed by atoms with Gasteiger partial charge in [0.05, 0.1) is 12.1 Å². The molecule has 1 aromatic rings. The SMILES string of the molecule is CCC(C)Oc1ccc(NC(=O)C2CCCN2)cc1.Cl. The second kappa shape index (κ2) is 8.12. The molecule has 20 heavy (non-hydrogen) atoms. The minimum Gasteiger partial charge on any atom is -0.491 e. The Morgan fingerprint density at radius 3 is 2.70 bits per heavy atom. The van der Waals surface area contributed by atoms with E-state index in [4.69, 9.17) is 4.74 Å². The lowest BCUT2D eigenvalue weighted by atomic mass is 10.2. The number of amides is 1. The van der Waals surface area contributed by atoms with Gasteiger partial charge >= 0.3 is 0 Å². The van der Waals surface area contributed by atoms with Gasteiger partial charge in [-0.1, -0.05) is 6.92 Å². The second-order valence-corrected chi connectivity index (χ2v) is 5.00. The summed E-state index contributed by atoms with van der Waals surface area (Å²) in [5.74, 6) is 0.888. The van der Waals surface area contributed by atoms with Crippen molar-refractivity contribution >= 4 is 24.0 Å². The topological polar surface area (TPSA) is 50.4 Å². The minimum absolute atomic E-state index is 0. The van der Waals surface area contributed by atoms with Crippen LogP contribution in [0.15, 0.2) is 24.3 Å². The molecule has 1 aliphatic rings. The Morgan fingerprint density at radius 1 is 1.45 bits per heavy atom. The highest BCUT2D eigenvalue weighted by Crippen LogP contribution is 2.18. The number of hydrogen-bond donors (Lipinski definition) is 2. The second-order valence-electron chi connectivity index (χ2n) is 5.00. The molecule has 0 aromatic heterocycles. The van der Waals surface area contributed by atoms with E-state index in [9.17, 15) is 4.79 Å². The summed E-state index contributed by atoms with van der Waals surface area (Å²) in [6.07, 6.45) is 3.18. The quantitative estimate of drug-likeness (QED) is 0.878. The summed E-state index contributed by atoms with van der Waals surface area (Å²) >= 11 is 0. The van der Waals surface area contributed by atoms with Gasteiger partial charge in [-0.3, -0.25) is 4.79 Å². The van der Waals surface area contributed by atoms with Crippen LogP contribution in [-0.2, 0) is 4.79 Å². The lowest BCUT2D eigenvalue weighted by Gasteiger charge is -2.14. The maximum Gasteiger partial charge on any atom is 0.241 e. The molecule has 1 aliphatic heterocycles. The summed E-state index contributed by atoms with van der Waals surface area (Å²) in [5.41, 5.74) is 0.815. The zero-order valence-electron chi connectivity index (χ0n) is 12.0. The molecule has 2 atom stereocenters. The van der Waals surface area contributed by atoms with E-state index in [0.717, 1.165) is 37.2 Å². The molecule has 5 heteroatoms. The van der Waals surface area contributed by atoms with Crippen LogP contribution in [0, 0.1) is 0 Å². The summed E-state index contributed by atoms with van der Waals surface area (Å²) in [5, 5.41) is 6.11. The lowest BCUT2D eigenvalue weighted by Crippen LogP contribution is -2.35. The molecule has 112 valence electrons. The number of halogens is 1. The molecule has 0 bridgehead atoms. The van der Waals surface area contributed by atoms with Gasteiger partial charge in [0, 0.05) is 5.69 Å². The first kappa shape index (κ1) is 16.8. The van der Waals surface area contributed by atoms with Crippen molar-refractivity contribution in [2.45, 2.75) is 45.3 Å². The van der Waals surface area contributed by atoms with Gasteiger partial charge in [0.25, 0.3) is 0 Å². The lowest BCUT2D eigenvalue weighted by molar-refractivity contribution is -0.117. The van der Waals surface area contributed by atoms with Crippen LogP contribution in [0.5, 0.6) is 5.75 Å². The summed E-state index contributed by atoms with van der Waals surface area (Å²) in [4.78, 5) is 11.9. The van der Waals surface area contributed by atoms with E-state index >= 15 is 0 Å². The Balaban J connectivity index is 0.00000200. The number of carbonyl (C=O) groups excluding carboxylic acids is 1. The van der Waals surface area contributed by atoms with Crippen molar-refractivity contribution in [1.82, 2.24) is 5.32 Å². The fourth-order valence-electron chi connectivity index (χ4n) is 2.07. The number of carbonyl (C=O) groups is 1. The Labute approximate surface area is 126 Å². The highest BCUT2D eigenvalue weighted by molar-refractivity contribution is 5.95. The third-order valence-electron chi connectivity index (χ3n) is 3.41. The molecule has 1 aromatic carbocycles. The van der Waals surface area contributed by atoms with Crippen LogP contribution in [0.3, 0.4) is 0 Å². The van der Waals surface area contributed by atoms with Crippen LogP contribution in [-0.4, -0.2) is 24.6 Å². The van der Waals surface area contributed by atoms with Gasteiger partial charge < -0.3 is 15.4 Å². The van der Waals surface area contributed by atoms with E-state index in [-0.39, 0.29) is 30.5 Å². The normalized spacial score (nSPS) is 19.0. The Morgan fingerprint density at radius 2 is 2.15 bits per heavy atom. The van der Waals surface area contributed by atoms with Crippen molar-refractivity contribution in [1.29, 1.82) is 0 Å². The van der Waals surface area contributed by atoms with Crippen LogP contribution >= 0.6 is 12.4 Å². The average molecular weight is 299 g/mol. The molecule has 2 unspecified atom stereocenters. The van der Waals surface area contributed by atoms with Crippen LogP contribution in [0.2, 0.25) is 0 Å². The minimum atomic E-state index is -0.0453. The highest BCUT2D eigenvalue weighted by Gasteiger charge is 2.21. The van der Waals surface area contributed by atoms with Crippen LogP contribution in [0.1, 0.15) is 33.1 Å². The van der Waals surface area contributed by atoms with E-state index in [2.05, 4.69) is 17.6 Å². The van der Waals surface area contributed by atoms with E-state index in [0.29, 0.717) is 0 Å². The first-order valence-corrected chi connectivity index (χ1v) is 7.00. The molecule has 4 nitrogen and oxygen atoms in total. The Bertz CT molecular complexity index is 416. The molecule has 0 radical (unpaired) electrons.